The van der Waals surface area contributed by atoms with E-state index in [-0.39, 0.29) is 18.0 Å². The maximum absolute atomic E-state index is 12.4. The molecule has 2 aliphatic carbocycles. The number of amides is 2. The van der Waals surface area contributed by atoms with Crippen molar-refractivity contribution in [3.8, 4) is 0 Å². The molecule has 118 valence electrons. The number of hydrogen-bond acceptors (Lipinski definition) is 2. The van der Waals surface area contributed by atoms with Gasteiger partial charge in [0.15, 0.2) is 0 Å². The molecule has 2 amide bonds. The molecule has 2 saturated carbocycles. The first-order valence-electron chi connectivity index (χ1n) is 8.40. The summed E-state index contributed by atoms with van der Waals surface area (Å²) in [6, 6.07) is 0.236. The monoisotopic (exact) mass is 294 g/mol. The number of carbonyl (C=O) groups excluding carboxylic acids is 1. The number of fused-ring (bicyclic) bond motifs is 2. The molecule has 0 spiro atoms. The van der Waals surface area contributed by atoms with Gasteiger partial charge in [-0.2, -0.15) is 0 Å². The largest absolute Gasteiger partial charge is 0.481 e. The van der Waals surface area contributed by atoms with Gasteiger partial charge in [-0.15, -0.1) is 0 Å². The van der Waals surface area contributed by atoms with Crippen molar-refractivity contribution in [3.05, 3.63) is 0 Å². The van der Waals surface area contributed by atoms with Gasteiger partial charge in [0.1, 0.15) is 0 Å². The molecule has 21 heavy (non-hydrogen) atoms. The van der Waals surface area contributed by atoms with E-state index < -0.39 is 5.97 Å². The van der Waals surface area contributed by atoms with Crippen molar-refractivity contribution < 1.29 is 14.7 Å². The Labute approximate surface area is 126 Å². The molecule has 3 fully saturated rings. The highest BCUT2D eigenvalue weighted by molar-refractivity contribution is 5.75. The lowest BCUT2D eigenvalue weighted by molar-refractivity contribution is -0.142. The summed E-state index contributed by atoms with van der Waals surface area (Å²) in [6.45, 7) is 1.82. The first-order chi connectivity index (χ1) is 10.1. The number of likely N-dealkylation sites (tertiary alicyclic amines) is 1. The lowest BCUT2D eigenvalue weighted by Gasteiger charge is -2.42. The van der Waals surface area contributed by atoms with E-state index in [1.165, 1.54) is 25.7 Å². The Bertz CT molecular complexity index is 392. The highest BCUT2D eigenvalue weighted by atomic mass is 16.4. The smallest absolute Gasteiger partial charge is 0.317 e. The molecule has 3 rings (SSSR count). The van der Waals surface area contributed by atoms with Gasteiger partial charge in [0.2, 0.25) is 0 Å². The molecule has 0 radical (unpaired) electrons. The van der Waals surface area contributed by atoms with Gasteiger partial charge >= 0.3 is 12.0 Å². The number of carboxylic acid groups (broad SMARTS) is 1. The Hall–Kier alpha value is -1.26. The standard InChI is InChI=1S/C16H26N2O3/c19-15(20)13-4-6-14(7-5-13)17-16(21)18-9-11-2-1-3-12(8-11)10-18/h11-14H,1-10H2,(H,17,21)(H,19,20). The fraction of sp³-hybridized carbons (Fsp3) is 0.875. The fourth-order valence-electron chi connectivity index (χ4n) is 4.35. The molecule has 2 N–H and O–H groups in total. The van der Waals surface area contributed by atoms with Crippen LogP contribution in [0.3, 0.4) is 0 Å². The van der Waals surface area contributed by atoms with Crippen molar-refractivity contribution in [1.82, 2.24) is 10.2 Å². The molecule has 2 unspecified atom stereocenters. The second kappa shape index (κ2) is 6.24. The van der Waals surface area contributed by atoms with Crippen LogP contribution in [0.1, 0.15) is 51.4 Å². The molecule has 1 saturated heterocycles. The van der Waals surface area contributed by atoms with Crippen LogP contribution >= 0.6 is 0 Å². The van der Waals surface area contributed by atoms with E-state index in [2.05, 4.69) is 5.32 Å². The van der Waals surface area contributed by atoms with Crippen LogP contribution in [0.25, 0.3) is 0 Å². The summed E-state index contributed by atoms with van der Waals surface area (Å²) in [4.78, 5) is 25.4. The molecular weight excluding hydrogens is 268 g/mol. The fourth-order valence-corrected chi connectivity index (χ4v) is 4.35. The van der Waals surface area contributed by atoms with Gasteiger partial charge in [-0.1, -0.05) is 6.42 Å². The van der Waals surface area contributed by atoms with Crippen LogP contribution in [0, 0.1) is 17.8 Å². The van der Waals surface area contributed by atoms with E-state index >= 15 is 0 Å². The van der Waals surface area contributed by atoms with Crippen LogP contribution in [-0.4, -0.2) is 41.1 Å². The van der Waals surface area contributed by atoms with Crippen molar-refractivity contribution in [2.24, 2.45) is 17.8 Å². The maximum Gasteiger partial charge on any atom is 0.317 e. The van der Waals surface area contributed by atoms with Gasteiger partial charge < -0.3 is 15.3 Å². The topological polar surface area (TPSA) is 69.6 Å². The average Bonchev–Trinajstić information content (AvgIpc) is 2.47. The predicted molar refractivity (Wildman–Crippen MR) is 78.9 cm³/mol. The zero-order valence-electron chi connectivity index (χ0n) is 12.6. The van der Waals surface area contributed by atoms with Gasteiger partial charge in [-0.3, -0.25) is 4.79 Å². The van der Waals surface area contributed by atoms with E-state index in [4.69, 9.17) is 5.11 Å². The molecule has 2 bridgehead atoms. The third-order valence-corrected chi connectivity index (χ3v) is 5.54. The number of urea groups is 1. The van der Waals surface area contributed by atoms with E-state index in [1.54, 1.807) is 0 Å². The van der Waals surface area contributed by atoms with Crippen molar-refractivity contribution in [1.29, 1.82) is 0 Å². The summed E-state index contributed by atoms with van der Waals surface area (Å²) >= 11 is 0. The molecule has 5 nitrogen and oxygen atoms in total. The number of hydrogen-bond donors (Lipinski definition) is 2. The van der Waals surface area contributed by atoms with Crippen molar-refractivity contribution in [2.45, 2.75) is 57.4 Å². The Morgan fingerprint density at radius 3 is 2.14 bits per heavy atom. The second-order valence-corrected chi connectivity index (χ2v) is 7.14. The van der Waals surface area contributed by atoms with Crippen LogP contribution in [0.15, 0.2) is 0 Å². The average molecular weight is 294 g/mol. The number of nitrogens with one attached hydrogen (secondary N) is 1. The molecular formula is C16H26N2O3. The van der Waals surface area contributed by atoms with Crippen LogP contribution in [0.2, 0.25) is 0 Å². The third-order valence-electron chi connectivity index (χ3n) is 5.54. The van der Waals surface area contributed by atoms with E-state index in [0.29, 0.717) is 24.7 Å². The van der Waals surface area contributed by atoms with E-state index in [9.17, 15) is 9.59 Å². The normalized spacial score (nSPS) is 36.1. The molecule has 0 aromatic carbocycles. The second-order valence-electron chi connectivity index (χ2n) is 7.14. The minimum atomic E-state index is -0.691. The summed E-state index contributed by atoms with van der Waals surface area (Å²) in [5, 5.41) is 12.1. The lowest BCUT2D eigenvalue weighted by atomic mass is 9.78. The molecule has 3 aliphatic rings. The zero-order chi connectivity index (χ0) is 14.8. The highest BCUT2D eigenvalue weighted by Gasteiger charge is 2.34. The number of carboxylic acids is 1. The predicted octanol–water partition coefficient (Wildman–Crippen LogP) is 2.46. The Balaban J connectivity index is 1.47. The van der Waals surface area contributed by atoms with E-state index in [0.717, 1.165) is 25.9 Å². The van der Waals surface area contributed by atoms with Crippen molar-refractivity contribution in [3.63, 3.8) is 0 Å². The molecule has 1 aliphatic heterocycles. The molecule has 1 heterocycles. The first kappa shape index (κ1) is 14.7. The first-order valence-corrected chi connectivity index (χ1v) is 8.40. The quantitative estimate of drug-likeness (QED) is 0.822. The minimum absolute atomic E-state index is 0.0744. The summed E-state index contributed by atoms with van der Waals surface area (Å²) < 4.78 is 0. The SMILES string of the molecule is O=C(O)C1CCC(NC(=O)N2CC3CCCC(C3)C2)CC1. The van der Waals surface area contributed by atoms with E-state index in [1.807, 2.05) is 4.90 Å². The van der Waals surface area contributed by atoms with Crippen LogP contribution in [-0.2, 0) is 4.79 Å². The highest BCUT2D eigenvalue weighted by Crippen LogP contribution is 2.34. The Kier molecular flexibility index (Phi) is 4.36. The van der Waals surface area contributed by atoms with Crippen molar-refractivity contribution in [2.75, 3.05) is 13.1 Å². The van der Waals surface area contributed by atoms with Crippen LogP contribution in [0.5, 0.6) is 0 Å². The Morgan fingerprint density at radius 2 is 1.57 bits per heavy atom. The zero-order valence-corrected chi connectivity index (χ0v) is 12.6. The van der Waals surface area contributed by atoms with Crippen LogP contribution < -0.4 is 5.32 Å². The molecule has 0 aromatic heterocycles. The number of nitrogens with zero attached hydrogens (tertiary/aromatic N) is 1. The Morgan fingerprint density at radius 1 is 0.952 bits per heavy atom. The lowest BCUT2D eigenvalue weighted by Crippen LogP contribution is -2.52. The number of aliphatic carboxylic acids is 1. The molecule has 2 atom stereocenters. The van der Waals surface area contributed by atoms with Crippen molar-refractivity contribution >= 4 is 12.0 Å². The molecule has 5 heteroatoms. The summed E-state index contributed by atoms with van der Waals surface area (Å²) in [5.74, 6) is 0.494. The summed E-state index contributed by atoms with van der Waals surface area (Å²) in [7, 11) is 0. The van der Waals surface area contributed by atoms with Gasteiger partial charge in [0.05, 0.1) is 5.92 Å². The van der Waals surface area contributed by atoms with Gasteiger partial charge in [-0.05, 0) is 56.8 Å². The minimum Gasteiger partial charge on any atom is -0.481 e. The number of carbonyl (C=O) groups is 2. The van der Waals surface area contributed by atoms with Crippen LogP contribution in [0.4, 0.5) is 4.79 Å². The van der Waals surface area contributed by atoms with Gasteiger partial charge in [0.25, 0.3) is 0 Å². The number of piperidine rings is 1. The third kappa shape index (κ3) is 3.50. The number of rotatable bonds is 2. The maximum atomic E-state index is 12.4. The summed E-state index contributed by atoms with van der Waals surface area (Å²) in [5.41, 5.74) is 0. The van der Waals surface area contributed by atoms with Gasteiger partial charge in [-0.25, -0.2) is 4.79 Å². The van der Waals surface area contributed by atoms with Gasteiger partial charge in [0, 0.05) is 19.1 Å². The molecule has 0 aromatic rings. The summed E-state index contributed by atoms with van der Waals surface area (Å²) in [6.07, 6.45) is 8.12.